The predicted octanol–water partition coefficient (Wildman–Crippen LogP) is 0.114. The first-order valence-electron chi connectivity index (χ1n) is 3.84. The molecule has 0 aliphatic carbocycles. The van der Waals surface area contributed by atoms with E-state index in [1.165, 1.54) is 4.31 Å². The zero-order valence-electron chi connectivity index (χ0n) is 6.36. The Hall–Kier alpha value is -0.130. The summed E-state index contributed by atoms with van der Waals surface area (Å²) >= 11 is 0. The van der Waals surface area contributed by atoms with E-state index in [1.54, 1.807) is 0 Å². The van der Waals surface area contributed by atoms with Crippen molar-refractivity contribution in [2.75, 3.05) is 6.61 Å². The molecule has 0 amide bonds. The second kappa shape index (κ2) is 2.18. The predicted molar refractivity (Wildman–Crippen MR) is 39.2 cm³/mol. The van der Waals surface area contributed by atoms with Crippen molar-refractivity contribution in [1.82, 2.24) is 4.31 Å². The van der Waals surface area contributed by atoms with Gasteiger partial charge in [0.05, 0.1) is 6.61 Å². The summed E-state index contributed by atoms with van der Waals surface area (Å²) in [6, 6.07) is 0.473. The van der Waals surface area contributed by atoms with Crippen molar-refractivity contribution in [1.29, 1.82) is 0 Å². The van der Waals surface area contributed by atoms with Crippen LogP contribution in [-0.4, -0.2) is 31.4 Å². The van der Waals surface area contributed by atoms with Gasteiger partial charge in [-0.25, -0.2) is 0 Å². The van der Waals surface area contributed by atoms with Gasteiger partial charge in [-0.05, 0) is 12.8 Å². The van der Waals surface area contributed by atoms with Crippen molar-refractivity contribution in [3.05, 3.63) is 0 Å². The molecule has 0 radical (unpaired) electrons. The van der Waals surface area contributed by atoms with Gasteiger partial charge in [0.15, 0.2) is 0 Å². The van der Waals surface area contributed by atoms with Gasteiger partial charge in [0, 0.05) is 12.1 Å². The smallest absolute Gasteiger partial charge is 0.258 e. The molecule has 2 fully saturated rings. The van der Waals surface area contributed by atoms with Crippen LogP contribution in [0.4, 0.5) is 0 Å². The Balaban J connectivity index is 2.20. The second-order valence-electron chi connectivity index (χ2n) is 2.94. The van der Waals surface area contributed by atoms with Crippen molar-refractivity contribution < 1.29 is 12.6 Å². The molecule has 2 saturated heterocycles. The average Bonchev–Trinajstić information content (AvgIpc) is 2.62. The molecule has 3 atom stereocenters. The van der Waals surface area contributed by atoms with Gasteiger partial charge in [-0.1, -0.05) is 6.92 Å². The van der Waals surface area contributed by atoms with Crippen LogP contribution >= 0.6 is 0 Å². The molecule has 2 aliphatic rings. The molecule has 0 spiro atoms. The summed E-state index contributed by atoms with van der Waals surface area (Å²) in [7, 11) is -3.32. The van der Waals surface area contributed by atoms with E-state index >= 15 is 0 Å². The number of rotatable bonds is 1. The Bertz CT molecular complexity index is 257. The first-order valence-corrected chi connectivity index (χ1v) is 5.21. The lowest BCUT2D eigenvalue weighted by molar-refractivity contribution is 0.265. The van der Waals surface area contributed by atoms with Crippen LogP contribution in [0.3, 0.4) is 0 Å². The molecule has 0 aromatic heterocycles. The molecule has 2 heterocycles. The van der Waals surface area contributed by atoms with Crippen LogP contribution in [0.2, 0.25) is 0 Å². The van der Waals surface area contributed by atoms with Crippen molar-refractivity contribution >= 4 is 10.3 Å². The van der Waals surface area contributed by atoms with Crippen LogP contribution in [0, 0.1) is 0 Å². The lowest BCUT2D eigenvalue weighted by atomic mass is 10.2. The number of hydrogen-bond acceptors (Lipinski definition) is 3. The topological polar surface area (TPSA) is 46.4 Å². The maximum atomic E-state index is 11.1. The van der Waals surface area contributed by atoms with E-state index in [4.69, 9.17) is 0 Å². The van der Waals surface area contributed by atoms with Gasteiger partial charge >= 0.3 is 10.3 Å². The van der Waals surface area contributed by atoms with Crippen LogP contribution in [0.25, 0.3) is 0 Å². The number of fused-ring (bicyclic) bond motifs is 1. The van der Waals surface area contributed by atoms with Crippen LogP contribution in [0.5, 0.6) is 0 Å². The molecular weight excluding hydrogens is 166 g/mol. The Morgan fingerprint density at radius 2 is 2.36 bits per heavy atom. The molecule has 0 aromatic rings. The van der Waals surface area contributed by atoms with Crippen molar-refractivity contribution in [3.63, 3.8) is 0 Å². The fourth-order valence-corrected chi connectivity index (χ4v) is 3.32. The molecule has 0 bridgehead atoms. The first kappa shape index (κ1) is 7.52. The maximum absolute atomic E-state index is 11.1. The van der Waals surface area contributed by atoms with Gasteiger partial charge in [0.1, 0.15) is 0 Å². The quantitative estimate of drug-likeness (QED) is 0.534. The Labute approximate surface area is 66.4 Å². The van der Waals surface area contributed by atoms with Crippen LogP contribution < -0.4 is 0 Å². The molecule has 2 rings (SSSR count). The fraction of sp³-hybridized carbons (Fsp3) is 1.00. The summed E-state index contributed by atoms with van der Waals surface area (Å²) in [5.74, 6) is 0. The average molecular weight is 177 g/mol. The summed E-state index contributed by atoms with van der Waals surface area (Å²) in [6.07, 6.45) is 1.75. The standard InChI is InChI=1S/C6H11NO3S/c1-2-5-6-3-4-10-11(8,9)7(5)6/h5-6H,2-4H2,1H3/t5-,6-,7?/m0/s1. The minimum absolute atomic E-state index is 0.225. The molecule has 0 N–H and O–H groups in total. The van der Waals surface area contributed by atoms with E-state index in [9.17, 15) is 8.42 Å². The first-order chi connectivity index (χ1) is 5.17. The molecule has 0 aromatic carbocycles. The summed E-state index contributed by atoms with van der Waals surface area (Å²) in [5.41, 5.74) is 0. The van der Waals surface area contributed by atoms with E-state index in [0.29, 0.717) is 6.61 Å². The zero-order chi connectivity index (χ0) is 8.06. The zero-order valence-corrected chi connectivity index (χ0v) is 7.17. The highest BCUT2D eigenvalue weighted by Crippen LogP contribution is 2.40. The Kier molecular flexibility index (Phi) is 1.49. The van der Waals surface area contributed by atoms with Gasteiger partial charge in [0.25, 0.3) is 0 Å². The van der Waals surface area contributed by atoms with Crippen LogP contribution in [0.15, 0.2) is 0 Å². The molecule has 0 saturated carbocycles. The summed E-state index contributed by atoms with van der Waals surface area (Å²) in [6.45, 7) is 2.36. The van der Waals surface area contributed by atoms with Gasteiger partial charge in [-0.2, -0.15) is 12.7 Å². The van der Waals surface area contributed by atoms with Gasteiger partial charge in [0.2, 0.25) is 0 Å². The van der Waals surface area contributed by atoms with E-state index in [-0.39, 0.29) is 12.1 Å². The third-order valence-electron chi connectivity index (χ3n) is 2.33. The third-order valence-corrected chi connectivity index (χ3v) is 3.85. The largest absolute Gasteiger partial charge is 0.339 e. The minimum Gasteiger partial charge on any atom is -0.258 e. The molecule has 1 unspecified atom stereocenters. The second-order valence-corrected chi connectivity index (χ2v) is 4.45. The molecule has 11 heavy (non-hydrogen) atoms. The van der Waals surface area contributed by atoms with Crippen LogP contribution in [0.1, 0.15) is 19.8 Å². The number of nitrogens with zero attached hydrogens (tertiary/aromatic N) is 1. The van der Waals surface area contributed by atoms with Gasteiger partial charge in [-0.3, -0.25) is 4.18 Å². The Morgan fingerprint density at radius 3 is 2.91 bits per heavy atom. The highest BCUT2D eigenvalue weighted by molar-refractivity contribution is 7.84. The lowest BCUT2D eigenvalue weighted by Crippen LogP contribution is -2.24. The highest BCUT2D eigenvalue weighted by Gasteiger charge is 2.56. The molecule has 4 nitrogen and oxygen atoms in total. The molecule has 2 aliphatic heterocycles. The maximum Gasteiger partial charge on any atom is 0.339 e. The Morgan fingerprint density at radius 1 is 1.64 bits per heavy atom. The normalized spacial score (nSPS) is 46.5. The molecule has 64 valence electrons. The monoisotopic (exact) mass is 177 g/mol. The van der Waals surface area contributed by atoms with Crippen molar-refractivity contribution in [2.24, 2.45) is 0 Å². The van der Waals surface area contributed by atoms with E-state index in [0.717, 1.165) is 12.8 Å². The van der Waals surface area contributed by atoms with E-state index in [2.05, 4.69) is 4.18 Å². The SMILES string of the molecule is CC[C@H]1[C@@H]2CCOS(=O)(=O)N12. The van der Waals surface area contributed by atoms with E-state index in [1.807, 2.05) is 6.92 Å². The lowest BCUT2D eigenvalue weighted by Gasteiger charge is -2.10. The van der Waals surface area contributed by atoms with Crippen LogP contribution in [-0.2, 0) is 14.5 Å². The van der Waals surface area contributed by atoms with Gasteiger partial charge < -0.3 is 0 Å². The molecule has 5 heteroatoms. The third kappa shape index (κ3) is 0.988. The summed E-state index contributed by atoms with van der Waals surface area (Å²) < 4.78 is 28.3. The fourth-order valence-electron chi connectivity index (χ4n) is 1.75. The van der Waals surface area contributed by atoms with Crippen molar-refractivity contribution in [2.45, 2.75) is 31.8 Å². The minimum atomic E-state index is -3.32. The molecular formula is C6H11NO3S. The van der Waals surface area contributed by atoms with Crippen molar-refractivity contribution in [3.8, 4) is 0 Å². The number of hydrogen-bond donors (Lipinski definition) is 0. The van der Waals surface area contributed by atoms with Gasteiger partial charge in [-0.15, -0.1) is 0 Å². The summed E-state index contributed by atoms with van der Waals surface area (Å²) in [5, 5.41) is 0. The summed E-state index contributed by atoms with van der Waals surface area (Å²) in [4.78, 5) is 0. The highest BCUT2D eigenvalue weighted by atomic mass is 32.2. The van der Waals surface area contributed by atoms with E-state index < -0.39 is 10.3 Å².